The van der Waals surface area contributed by atoms with E-state index in [2.05, 4.69) is 11.4 Å². The molecule has 0 spiro atoms. The van der Waals surface area contributed by atoms with Crippen LogP contribution >= 0.6 is 0 Å². The molecule has 1 aromatic rings. The number of hydrogen-bond acceptors (Lipinski definition) is 4. The molecular formula is C21H30N3O3+. The van der Waals surface area contributed by atoms with Crippen LogP contribution in [0.25, 0.3) is 0 Å². The van der Waals surface area contributed by atoms with Crippen LogP contribution in [0.15, 0.2) is 12.1 Å². The van der Waals surface area contributed by atoms with E-state index in [0.29, 0.717) is 0 Å². The van der Waals surface area contributed by atoms with Crippen LogP contribution in [0.3, 0.4) is 0 Å². The number of quaternary nitrogens is 1. The van der Waals surface area contributed by atoms with E-state index in [4.69, 9.17) is 9.47 Å². The average molecular weight is 372 g/mol. The molecule has 146 valence electrons. The van der Waals surface area contributed by atoms with Crippen LogP contribution in [0.2, 0.25) is 0 Å². The summed E-state index contributed by atoms with van der Waals surface area (Å²) in [5, 5.41) is 12.7. The normalized spacial score (nSPS) is 22.1. The first-order valence-electron chi connectivity index (χ1n) is 9.83. The number of ether oxygens (including phenoxy) is 2. The van der Waals surface area contributed by atoms with Crippen LogP contribution < -0.4 is 19.7 Å². The van der Waals surface area contributed by atoms with Gasteiger partial charge >= 0.3 is 0 Å². The Hall–Kier alpha value is -2.26. The lowest BCUT2D eigenvalue weighted by Gasteiger charge is -2.35. The summed E-state index contributed by atoms with van der Waals surface area (Å²) in [6.07, 6.45) is 5.58. The summed E-state index contributed by atoms with van der Waals surface area (Å²) < 4.78 is 10.8. The number of benzene rings is 1. The lowest BCUT2D eigenvalue weighted by molar-refractivity contribution is -0.929. The summed E-state index contributed by atoms with van der Waals surface area (Å²) in [7, 11) is 3.28. The highest BCUT2D eigenvalue weighted by atomic mass is 16.5. The van der Waals surface area contributed by atoms with Gasteiger partial charge in [0.25, 0.3) is 5.91 Å². The minimum Gasteiger partial charge on any atom is -0.493 e. The number of carbonyl (C=O) groups is 1. The number of carbonyl (C=O) groups excluding carboxylic acids is 1. The Morgan fingerprint density at radius 1 is 1.19 bits per heavy atom. The molecule has 0 aromatic heterocycles. The van der Waals surface area contributed by atoms with Gasteiger partial charge in [0.05, 0.1) is 26.8 Å². The zero-order valence-electron chi connectivity index (χ0n) is 16.6. The van der Waals surface area contributed by atoms with Gasteiger partial charge < -0.3 is 19.7 Å². The molecule has 1 amide bonds. The van der Waals surface area contributed by atoms with Crippen LogP contribution in [-0.4, -0.2) is 38.3 Å². The first-order valence-corrected chi connectivity index (χ1v) is 9.83. The van der Waals surface area contributed by atoms with Crippen LogP contribution in [-0.2, 0) is 17.8 Å². The van der Waals surface area contributed by atoms with Crippen molar-refractivity contribution < 1.29 is 19.2 Å². The number of nitriles is 1. The molecule has 1 heterocycles. The van der Waals surface area contributed by atoms with Gasteiger partial charge in [-0.15, -0.1) is 0 Å². The Morgan fingerprint density at radius 3 is 2.41 bits per heavy atom. The van der Waals surface area contributed by atoms with Crippen LogP contribution in [0.1, 0.15) is 50.2 Å². The molecule has 2 N–H and O–H groups in total. The number of amides is 1. The molecule has 1 unspecified atom stereocenters. The largest absolute Gasteiger partial charge is 0.493 e. The number of nitrogens with one attached hydrogen (secondary N) is 2. The quantitative estimate of drug-likeness (QED) is 0.819. The molecule has 6 heteroatoms. The number of rotatable bonds is 5. The van der Waals surface area contributed by atoms with Crippen LogP contribution in [0.4, 0.5) is 0 Å². The van der Waals surface area contributed by atoms with Crippen molar-refractivity contribution in [2.75, 3.05) is 20.8 Å². The van der Waals surface area contributed by atoms with Gasteiger partial charge in [-0.2, -0.15) is 5.26 Å². The van der Waals surface area contributed by atoms with Crippen LogP contribution in [0.5, 0.6) is 11.5 Å². The standard InChI is InChI=1S/C21H29N3O3/c1-15(20(25)23-21(14-22)8-5-4-6-9-21)24-10-7-16-11-18(26-2)19(27-3)12-17(16)13-24/h11-12,15H,4-10,13H2,1-3H3,(H,23,25)/p+1/t15-/m1/s1. The highest BCUT2D eigenvalue weighted by molar-refractivity contribution is 5.81. The molecule has 1 aromatic carbocycles. The predicted molar refractivity (Wildman–Crippen MR) is 102 cm³/mol. The lowest BCUT2D eigenvalue weighted by atomic mass is 9.82. The monoisotopic (exact) mass is 372 g/mol. The molecule has 27 heavy (non-hydrogen) atoms. The zero-order valence-corrected chi connectivity index (χ0v) is 16.6. The summed E-state index contributed by atoms with van der Waals surface area (Å²) in [5.41, 5.74) is 1.78. The van der Waals surface area contributed by atoms with E-state index in [1.807, 2.05) is 19.1 Å². The number of methoxy groups -OCH3 is 2. The van der Waals surface area contributed by atoms with Crippen molar-refractivity contribution in [1.29, 1.82) is 5.26 Å². The smallest absolute Gasteiger partial charge is 0.279 e. The van der Waals surface area contributed by atoms with Gasteiger partial charge in [-0.05, 0) is 37.5 Å². The minimum absolute atomic E-state index is 0.0163. The van der Waals surface area contributed by atoms with Crippen molar-refractivity contribution >= 4 is 5.91 Å². The molecule has 2 aliphatic rings. The third-order valence-corrected chi connectivity index (χ3v) is 6.13. The van der Waals surface area contributed by atoms with Gasteiger partial charge in [0, 0.05) is 12.0 Å². The molecule has 0 radical (unpaired) electrons. The van der Waals surface area contributed by atoms with Crippen molar-refractivity contribution in [2.45, 2.75) is 63.6 Å². The summed E-state index contributed by atoms with van der Waals surface area (Å²) in [6.45, 7) is 3.62. The van der Waals surface area contributed by atoms with Crippen molar-refractivity contribution in [3.63, 3.8) is 0 Å². The molecule has 0 bridgehead atoms. The third kappa shape index (κ3) is 4.03. The Balaban J connectivity index is 1.70. The van der Waals surface area contributed by atoms with Gasteiger partial charge in [-0.3, -0.25) is 4.79 Å². The Kier molecular flexibility index (Phi) is 5.91. The van der Waals surface area contributed by atoms with Crippen molar-refractivity contribution in [3.05, 3.63) is 23.3 Å². The van der Waals surface area contributed by atoms with E-state index in [1.165, 1.54) is 16.0 Å². The van der Waals surface area contributed by atoms with E-state index in [1.54, 1.807) is 14.2 Å². The molecule has 1 fully saturated rings. The SMILES string of the molecule is COc1cc2c(cc1OC)C[NH+]([C@H](C)C(=O)NC1(C#N)CCCCC1)CC2. The molecule has 0 saturated heterocycles. The fraction of sp³-hybridized carbons (Fsp3) is 0.619. The first kappa shape index (κ1) is 19.5. The molecule has 1 aliphatic heterocycles. The van der Waals surface area contributed by atoms with E-state index >= 15 is 0 Å². The van der Waals surface area contributed by atoms with E-state index in [-0.39, 0.29) is 11.9 Å². The van der Waals surface area contributed by atoms with Crippen molar-refractivity contribution in [3.8, 4) is 17.6 Å². The maximum Gasteiger partial charge on any atom is 0.279 e. The Morgan fingerprint density at radius 2 is 1.81 bits per heavy atom. The second-order valence-electron chi connectivity index (χ2n) is 7.78. The number of hydrogen-bond donors (Lipinski definition) is 2. The van der Waals surface area contributed by atoms with E-state index in [0.717, 1.165) is 63.1 Å². The molecule has 2 atom stereocenters. The lowest BCUT2D eigenvalue weighted by Crippen LogP contribution is -3.16. The minimum atomic E-state index is -0.673. The van der Waals surface area contributed by atoms with E-state index in [9.17, 15) is 10.1 Å². The fourth-order valence-corrected chi connectivity index (χ4v) is 4.31. The molecule has 3 rings (SSSR count). The second kappa shape index (κ2) is 8.18. The van der Waals surface area contributed by atoms with Gasteiger partial charge in [0.15, 0.2) is 17.5 Å². The molecule has 1 aliphatic carbocycles. The fourth-order valence-electron chi connectivity index (χ4n) is 4.31. The van der Waals surface area contributed by atoms with Gasteiger partial charge in [0.1, 0.15) is 12.1 Å². The van der Waals surface area contributed by atoms with Crippen molar-refractivity contribution in [2.24, 2.45) is 0 Å². The van der Waals surface area contributed by atoms with Gasteiger partial charge in [-0.25, -0.2) is 0 Å². The highest BCUT2D eigenvalue weighted by Gasteiger charge is 2.37. The Labute approximate surface area is 161 Å². The summed E-state index contributed by atoms with van der Waals surface area (Å²) in [5.74, 6) is 1.45. The Bertz CT molecular complexity index is 735. The molecule has 1 saturated carbocycles. The summed E-state index contributed by atoms with van der Waals surface area (Å²) in [6, 6.07) is 6.25. The first-order chi connectivity index (χ1) is 13.0. The average Bonchev–Trinajstić information content (AvgIpc) is 2.72. The van der Waals surface area contributed by atoms with Gasteiger partial charge in [-0.1, -0.05) is 19.3 Å². The van der Waals surface area contributed by atoms with E-state index < -0.39 is 5.54 Å². The predicted octanol–water partition coefficient (Wildman–Crippen LogP) is 1.38. The maximum absolute atomic E-state index is 12.9. The van der Waals surface area contributed by atoms with Gasteiger partial charge in [0.2, 0.25) is 0 Å². The maximum atomic E-state index is 12.9. The molecular weight excluding hydrogens is 342 g/mol. The second-order valence-corrected chi connectivity index (χ2v) is 7.78. The zero-order chi connectivity index (χ0) is 19.4. The van der Waals surface area contributed by atoms with Crippen molar-refractivity contribution in [1.82, 2.24) is 5.32 Å². The number of nitrogens with zero attached hydrogens (tertiary/aromatic N) is 1. The third-order valence-electron chi connectivity index (χ3n) is 6.13. The van der Waals surface area contributed by atoms with Crippen LogP contribution in [0, 0.1) is 11.3 Å². The summed E-state index contributed by atoms with van der Waals surface area (Å²) in [4.78, 5) is 14.1. The summed E-state index contributed by atoms with van der Waals surface area (Å²) >= 11 is 0. The highest BCUT2D eigenvalue weighted by Crippen LogP contribution is 2.31. The molecule has 6 nitrogen and oxygen atoms in total. The topological polar surface area (TPSA) is 75.8 Å². The number of fused-ring (bicyclic) bond motifs is 1.